The fraction of sp³-hybridized carbons (Fsp3) is 0.435. The predicted octanol–water partition coefficient (Wildman–Crippen LogP) is 2.72. The van der Waals surface area contributed by atoms with Crippen LogP contribution in [0.3, 0.4) is 0 Å². The molecule has 0 saturated carbocycles. The first-order valence-corrected chi connectivity index (χ1v) is 13.7. The molecular formula is C23H25ClN3O13P. The largest absolute Gasteiger partial charge is 0.508 e. The van der Waals surface area contributed by atoms with E-state index in [1.165, 1.54) is 0 Å². The van der Waals surface area contributed by atoms with Gasteiger partial charge in [-0.15, -0.1) is 0 Å². The standard InChI is InChI=1S/C23H25ClN3O13P/c1-25-23(12-36-41(32)35-10-8-15(40-41)13-5-4-6-14(24)11-13)18(38-22(31)34-3)17(37-21(30)33-2)19(39-23)27-9-7-16(28)26-20(27)29/h4-7,9,11,15,17-19H,1,8,10,12H2,2-3H3,(H,26,28,29)/t15-,17+,18-,19+,23+,41+/m0/s1. The maximum absolute atomic E-state index is 13.5. The number of aliphatic imine (C=N–C) groups is 1. The summed E-state index contributed by atoms with van der Waals surface area (Å²) >= 11 is 6.07. The molecule has 0 unspecified atom stereocenters. The van der Waals surface area contributed by atoms with E-state index in [4.69, 9.17) is 39.4 Å². The van der Waals surface area contributed by atoms with Gasteiger partial charge in [-0.05, 0) is 24.4 Å². The van der Waals surface area contributed by atoms with Gasteiger partial charge in [0.2, 0.25) is 5.72 Å². The van der Waals surface area contributed by atoms with E-state index in [0.717, 1.165) is 31.0 Å². The number of phosphoric acid groups is 1. The minimum Gasteiger partial charge on any atom is -0.438 e. The summed E-state index contributed by atoms with van der Waals surface area (Å²) in [7, 11) is -2.30. The Hall–Kier alpha value is -3.53. The number of hydrogen-bond acceptors (Lipinski definition) is 14. The summed E-state index contributed by atoms with van der Waals surface area (Å²) in [5.41, 5.74) is -3.28. The number of aromatic amines is 1. The number of carbonyl (C=O) groups excluding carboxylic acids is 2. The zero-order valence-corrected chi connectivity index (χ0v) is 23.3. The Morgan fingerprint density at radius 2 is 1.95 bits per heavy atom. The molecule has 1 aromatic heterocycles. The Morgan fingerprint density at radius 1 is 1.22 bits per heavy atom. The first kappa shape index (κ1) is 30.4. The van der Waals surface area contributed by atoms with Crippen LogP contribution in [0, 0.1) is 0 Å². The van der Waals surface area contributed by atoms with Gasteiger partial charge in [0.1, 0.15) is 6.61 Å². The molecule has 2 aliphatic rings. The van der Waals surface area contributed by atoms with Crippen molar-refractivity contribution in [2.24, 2.45) is 4.99 Å². The summed E-state index contributed by atoms with van der Waals surface area (Å²) in [6, 6.07) is 7.71. The minimum atomic E-state index is -4.32. The molecule has 0 bridgehead atoms. The molecule has 6 atom stereocenters. The first-order valence-electron chi connectivity index (χ1n) is 11.8. The van der Waals surface area contributed by atoms with Crippen molar-refractivity contribution in [2.45, 2.75) is 36.7 Å². The zero-order valence-electron chi connectivity index (χ0n) is 21.6. The molecule has 16 nitrogen and oxygen atoms in total. The van der Waals surface area contributed by atoms with E-state index in [0.29, 0.717) is 17.0 Å². The van der Waals surface area contributed by atoms with Crippen LogP contribution >= 0.6 is 19.4 Å². The maximum atomic E-state index is 13.5. The average molecular weight is 618 g/mol. The molecule has 41 heavy (non-hydrogen) atoms. The third-order valence-corrected chi connectivity index (χ3v) is 7.76. The number of halogens is 1. The average Bonchev–Trinajstić information content (AvgIpc) is 3.24. The van der Waals surface area contributed by atoms with E-state index < -0.39 is 68.3 Å². The Balaban J connectivity index is 1.68. The zero-order chi connectivity index (χ0) is 29.8. The monoisotopic (exact) mass is 617 g/mol. The van der Waals surface area contributed by atoms with Crippen molar-refractivity contribution in [2.75, 3.05) is 27.4 Å². The number of nitrogens with one attached hydrogen (secondary N) is 1. The SMILES string of the molecule is C=N[C@]1(CO[P@@]2(=O)OCC[C@@H](c3cccc(Cl)c3)O2)O[C@@H](n2ccc(=O)[nH]c2=O)[C@H](OC(=O)OC)[C@@H]1OC(=O)OC. The van der Waals surface area contributed by atoms with E-state index in [2.05, 4.69) is 21.2 Å². The van der Waals surface area contributed by atoms with Crippen LogP contribution in [0.4, 0.5) is 9.59 Å². The molecule has 4 rings (SSSR count). The highest BCUT2D eigenvalue weighted by Gasteiger charge is 2.62. The highest BCUT2D eigenvalue weighted by Crippen LogP contribution is 2.58. The molecule has 222 valence electrons. The number of carbonyl (C=O) groups is 2. The maximum Gasteiger partial charge on any atom is 0.508 e. The molecule has 1 aromatic carbocycles. The van der Waals surface area contributed by atoms with Gasteiger partial charge in [-0.3, -0.25) is 32.9 Å². The topological polar surface area (TPSA) is 192 Å². The van der Waals surface area contributed by atoms with Gasteiger partial charge in [0, 0.05) is 23.7 Å². The quantitative estimate of drug-likeness (QED) is 0.258. The lowest BCUT2D eigenvalue weighted by molar-refractivity contribution is -0.129. The second kappa shape index (κ2) is 12.5. The van der Waals surface area contributed by atoms with Crippen molar-refractivity contribution in [3.05, 3.63) is 68.0 Å². The first-order chi connectivity index (χ1) is 19.5. The molecule has 2 aliphatic heterocycles. The number of benzene rings is 1. The summed E-state index contributed by atoms with van der Waals surface area (Å²) < 4.78 is 56.5. The molecule has 0 spiro atoms. The van der Waals surface area contributed by atoms with Crippen molar-refractivity contribution in [3.63, 3.8) is 0 Å². The van der Waals surface area contributed by atoms with Crippen LogP contribution in [0.2, 0.25) is 5.02 Å². The Labute approximate surface area is 236 Å². The van der Waals surface area contributed by atoms with Crippen LogP contribution in [-0.2, 0) is 41.8 Å². The van der Waals surface area contributed by atoms with Gasteiger partial charge in [-0.25, -0.2) is 18.9 Å². The van der Waals surface area contributed by atoms with Gasteiger partial charge < -0.3 is 23.7 Å². The second-order valence-corrected chi connectivity index (χ2v) is 10.6. The molecule has 0 radical (unpaired) electrons. The highest BCUT2D eigenvalue weighted by molar-refractivity contribution is 7.48. The molecule has 0 aliphatic carbocycles. The molecular weight excluding hydrogens is 593 g/mol. The molecule has 2 saturated heterocycles. The van der Waals surface area contributed by atoms with Crippen LogP contribution < -0.4 is 11.2 Å². The third-order valence-electron chi connectivity index (χ3n) is 6.07. The van der Waals surface area contributed by atoms with Gasteiger partial charge in [0.15, 0.2) is 18.4 Å². The molecule has 18 heteroatoms. The van der Waals surface area contributed by atoms with Crippen molar-refractivity contribution in [1.82, 2.24) is 9.55 Å². The highest BCUT2D eigenvalue weighted by atomic mass is 35.5. The number of aromatic nitrogens is 2. The fourth-order valence-electron chi connectivity index (χ4n) is 4.16. The van der Waals surface area contributed by atoms with Gasteiger partial charge in [-0.2, -0.15) is 0 Å². The normalized spacial score (nSPS) is 29.3. The Kier molecular flexibility index (Phi) is 9.31. The van der Waals surface area contributed by atoms with Crippen molar-refractivity contribution in [1.29, 1.82) is 0 Å². The molecule has 2 fully saturated rings. The van der Waals surface area contributed by atoms with Gasteiger partial charge in [0.05, 0.1) is 26.9 Å². The third kappa shape index (κ3) is 6.69. The van der Waals surface area contributed by atoms with Crippen LogP contribution in [0.25, 0.3) is 0 Å². The molecule has 3 heterocycles. The van der Waals surface area contributed by atoms with E-state index >= 15 is 0 Å². The fourth-order valence-corrected chi connectivity index (χ4v) is 5.76. The molecule has 0 amide bonds. The number of ether oxygens (including phenoxy) is 5. The van der Waals surface area contributed by atoms with Crippen molar-refractivity contribution in [3.8, 4) is 0 Å². The van der Waals surface area contributed by atoms with Crippen LogP contribution in [0.1, 0.15) is 24.3 Å². The summed E-state index contributed by atoms with van der Waals surface area (Å²) in [6.07, 6.45) is -6.85. The predicted molar refractivity (Wildman–Crippen MR) is 138 cm³/mol. The lowest BCUT2D eigenvalue weighted by atomic mass is 10.1. The summed E-state index contributed by atoms with van der Waals surface area (Å²) in [4.78, 5) is 54.5. The van der Waals surface area contributed by atoms with Gasteiger partial charge in [-0.1, -0.05) is 23.7 Å². The lowest BCUT2D eigenvalue weighted by Gasteiger charge is -2.33. The molecule has 2 aromatic rings. The number of hydrogen-bond donors (Lipinski definition) is 1. The summed E-state index contributed by atoms with van der Waals surface area (Å²) in [6.45, 7) is 2.63. The summed E-state index contributed by atoms with van der Waals surface area (Å²) in [5, 5.41) is 0.436. The van der Waals surface area contributed by atoms with E-state index in [9.17, 15) is 23.7 Å². The van der Waals surface area contributed by atoms with Gasteiger partial charge in [0.25, 0.3) is 5.56 Å². The molecule has 1 N–H and O–H groups in total. The minimum absolute atomic E-state index is 0.0185. The van der Waals surface area contributed by atoms with Crippen LogP contribution in [0.15, 0.2) is 51.1 Å². The number of rotatable bonds is 8. The second-order valence-electron chi connectivity index (χ2n) is 8.55. The van der Waals surface area contributed by atoms with E-state index in [1.807, 2.05) is 4.98 Å². The van der Waals surface area contributed by atoms with E-state index in [1.54, 1.807) is 24.3 Å². The number of methoxy groups -OCH3 is 2. The van der Waals surface area contributed by atoms with Crippen LogP contribution in [-0.4, -0.2) is 73.9 Å². The van der Waals surface area contributed by atoms with Gasteiger partial charge >= 0.3 is 25.8 Å². The van der Waals surface area contributed by atoms with Crippen molar-refractivity contribution < 1.29 is 51.4 Å². The van der Waals surface area contributed by atoms with Crippen LogP contribution in [0.5, 0.6) is 0 Å². The Morgan fingerprint density at radius 3 is 2.61 bits per heavy atom. The number of nitrogens with zero attached hydrogens (tertiary/aromatic N) is 2. The van der Waals surface area contributed by atoms with E-state index in [-0.39, 0.29) is 6.61 Å². The number of phosphoric ester groups is 1. The summed E-state index contributed by atoms with van der Waals surface area (Å²) in [5.74, 6) is 0. The number of H-pyrrole nitrogens is 1. The smallest absolute Gasteiger partial charge is 0.438 e. The lowest BCUT2D eigenvalue weighted by Crippen LogP contribution is -2.49. The Bertz CT molecular complexity index is 1460. The van der Waals surface area contributed by atoms with Crippen molar-refractivity contribution >= 4 is 38.5 Å².